The van der Waals surface area contributed by atoms with Crippen molar-refractivity contribution in [3.63, 3.8) is 0 Å². The van der Waals surface area contributed by atoms with Crippen LogP contribution in [0.25, 0.3) is 10.9 Å². The summed E-state index contributed by atoms with van der Waals surface area (Å²) in [6.45, 7) is 7.30. The van der Waals surface area contributed by atoms with Crippen molar-refractivity contribution in [2.45, 2.75) is 90.0 Å². The minimum atomic E-state index is -1.29. The SMILES string of the molecule is CC(C)[C@H](NC(=O)[C@@H](NC(=O)[C@@H](N)Cc1c[nH]c2ccccc12)C(C)C)C(=O)N[C@@H](CCCNC(=N)N)C(=O)N[C@@H](CCCNC(=N)N)C(=O)O. The van der Waals surface area contributed by atoms with Crippen molar-refractivity contribution >= 4 is 52.4 Å². The van der Waals surface area contributed by atoms with Gasteiger partial charge in [-0.05, 0) is 55.6 Å². The number of aromatic amines is 1. The molecule has 0 radical (unpaired) electrons. The summed E-state index contributed by atoms with van der Waals surface area (Å²) >= 11 is 0. The number of aromatic nitrogens is 1. The first-order chi connectivity index (χ1) is 24.0. The lowest BCUT2D eigenvalue weighted by Gasteiger charge is -2.29. The number of carboxylic acids is 1. The van der Waals surface area contributed by atoms with Crippen LogP contribution in [0.5, 0.6) is 0 Å². The quantitative estimate of drug-likeness (QED) is 0.0418. The van der Waals surface area contributed by atoms with Crippen LogP contribution in [0.2, 0.25) is 0 Å². The highest BCUT2D eigenvalue weighted by atomic mass is 16.4. The Morgan fingerprint density at radius 3 is 1.76 bits per heavy atom. The van der Waals surface area contributed by atoms with Crippen molar-refractivity contribution in [1.29, 1.82) is 10.8 Å². The predicted molar refractivity (Wildman–Crippen MR) is 193 cm³/mol. The molecule has 1 aromatic carbocycles. The zero-order valence-corrected chi connectivity index (χ0v) is 29.6. The number of amides is 4. The van der Waals surface area contributed by atoms with Crippen LogP contribution >= 0.6 is 0 Å². The Hall–Kier alpha value is -5.39. The number of nitrogens with two attached hydrogens (primary N) is 3. The summed E-state index contributed by atoms with van der Waals surface area (Å²) < 4.78 is 0. The van der Waals surface area contributed by atoms with Gasteiger partial charge in [-0.25, -0.2) is 4.79 Å². The van der Waals surface area contributed by atoms with Gasteiger partial charge in [-0.1, -0.05) is 45.9 Å². The van der Waals surface area contributed by atoms with E-state index in [4.69, 9.17) is 28.0 Å². The number of hydrogen-bond acceptors (Lipinski definition) is 8. The minimum absolute atomic E-state index is 0.0202. The minimum Gasteiger partial charge on any atom is -0.480 e. The lowest BCUT2D eigenvalue weighted by Crippen LogP contribution is -2.60. The van der Waals surface area contributed by atoms with Crippen LogP contribution in [-0.2, 0) is 30.4 Å². The fourth-order valence-electron chi connectivity index (χ4n) is 5.32. The van der Waals surface area contributed by atoms with Crippen LogP contribution in [0.1, 0.15) is 58.9 Å². The van der Waals surface area contributed by atoms with Crippen LogP contribution in [-0.4, -0.2) is 94.9 Å². The Kier molecular flexibility index (Phi) is 16.6. The standard InChI is InChI=1S/C33H54N12O6/c1-17(2)25(45-30(49)26(18(3)4)44-27(46)21(34)15-19-16-41-22-10-6-5-9-20(19)22)29(48)42-23(11-7-13-39-32(35)36)28(47)43-24(31(50)51)12-8-14-40-33(37)38/h5-6,9-10,16-18,21,23-26,41H,7-8,11-15,34H2,1-4H3,(H,42,48)(H,43,47)(H,44,46)(H,45,49)(H,50,51)(H4,35,36,39)(H4,37,38,40)/t21-,23-,24-,25-,26-/m0/s1. The Balaban J connectivity index is 2.15. The van der Waals surface area contributed by atoms with Gasteiger partial charge in [-0.2, -0.15) is 0 Å². The van der Waals surface area contributed by atoms with E-state index in [1.54, 1.807) is 33.9 Å². The van der Waals surface area contributed by atoms with E-state index in [1.165, 1.54) is 0 Å². The van der Waals surface area contributed by atoms with E-state index in [1.807, 2.05) is 24.3 Å². The maximum Gasteiger partial charge on any atom is 0.326 e. The lowest BCUT2D eigenvalue weighted by molar-refractivity contribution is -0.142. The number of carboxylic acid groups (broad SMARTS) is 1. The zero-order chi connectivity index (χ0) is 38.2. The van der Waals surface area contributed by atoms with Gasteiger partial charge in [0, 0.05) is 30.2 Å². The van der Waals surface area contributed by atoms with Gasteiger partial charge in [0.05, 0.1) is 6.04 Å². The molecule has 0 bridgehead atoms. The number of aliphatic carboxylic acids is 1. The molecule has 16 N–H and O–H groups in total. The maximum atomic E-state index is 13.6. The highest BCUT2D eigenvalue weighted by Gasteiger charge is 2.34. The van der Waals surface area contributed by atoms with E-state index in [0.29, 0.717) is 0 Å². The smallest absolute Gasteiger partial charge is 0.326 e. The Bertz CT molecular complexity index is 1530. The third-order valence-corrected chi connectivity index (χ3v) is 8.16. The molecule has 1 aromatic heterocycles. The number of carbonyl (C=O) groups excluding carboxylic acids is 4. The molecule has 0 unspecified atom stereocenters. The first-order valence-electron chi connectivity index (χ1n) is 16.9. The van der Waals surface area contributed by atoms with Gasteiger partial charge in [-0.15, -0.1) is 0 Å². The first-order valence-corrected chi connectivity index (χ1v) is 16.9. The normalized spacial score (nSPS) is 14.1. The Morgan fingerprint density at radius 1 is 0.745 bits per heavy atom. The molecule has 282 valence electrons. The first kappa shape index (κ1) is 41.8. The number of carbonyl (C=O) groups is 5. The molecule has 18 nitrogen and oxygen atoms in total. The predicted octanol–water partition coefficient (Wildman–Crippen LogP) is -1.10. The lowest BCUT2D eigenvalue weighted by atomic mass is 9.98. The molecule has 1 heterocycles. The van der Waals surface area contributed by atoms with E-state index in [0.717, 1.165) is 16.5 Å². The van der Waals surface area contributed by atoms with Gasteiger partial charge in [0.25, 0.3) is 0 Å². The summed E-state index contributed by atoms with van der Waals surface area (Å²) in [5, 5.41) is 40.9. The van der Waals surface area contributed by atoms with Gasteiger partial charge < -0.3 is 59.2 Å². The van der Waals surface area contributed by atoms with Gasteiger partial charge in [0.1, 0.15) is 24.2 Å². The molecular formula is C33H54N12O6. The second-order valence-corrected chi connectivity index (χ2v) is 13.1. The molecular weight excluding hydrogens is 660 g/mol. The van der Waals surface area contributed by atoms with Crippen LogP contribution in [0, 0.1) is 22.7 Å². The molecule has 0 aliphatic heterocycles. The highest BCUT2D eigenvalue weighted by Crippen LogP contribution is 2.19. The molecule has 0 saturated heterocycles. The number of para-hydroxylation sites is 1. The molecule has 0 aliphatic carbocycles. The van der Waals surface area contributed by atoms with Crippen LogP contribution in [0.3, 0.4) is 0 Å². The largest absolute Gasteiger partial charge is 0.480 e. The maximum absolute atomic E-state index is 13.6. The fraction of sp³-hybridized carbons (Fsp3) is 0.545. The number of rotatable bonds is 21. The van der Waals surface area contributed by atoms with Gasteiger partial charge in [-0.3, -0.25) is 30.0 Å². The average molecular weight is 715 g/mol. The van der Waals surface area contributed by atoms with Crippen LogP contribution in [0.15, 0.2) is 30.5 Å². The third-order valence-electron chi connectivity index (χ3n) is 8.16. The second kappa shape index (κ2) is 20.3. The molecule has 0 spiro atoms. The number of hydrogen-bond donors (Lipinski definition) is 13. The van der Waals surface area contributed by atoms with E-state index in [9.17, 15) is 29.1 Å². The number of H-pyrrole nitrogens is 1. The summed E-state index contributed by atoms with van der Waals surface area (Å²) in [6.07, 6.45) is 2.64. The molecule has 2 aromatic rings. The number of benzene rings is 1. The van der Waals surface area contributed by atoms with E-state index < -0.39 is 65.7 Å². The summed E-state index contributed by atoms with van der Waals surface area (Å²) in [7, 11) is 0. The van der Waals surface area contributed by atoms with Gasteiger partial charge in [0.15, 0.2) is 11.9 Å². The van der Waals surface area contributed by atoms with Crippen molar-refractivity contribution in [3.8, 4) is 0 Å². The van der Waals surface area contributed by atoms with Gasteiger partial charge >= 0.3 is 5.97 Å². The van der Waals surface area contributed by atoms with Crippen molar-refractivity contribution in [2.75, 3.05) is 13.1 Å². The summed E-state index contributed by atoms with van der Waals surface area (Å²) in [5.74, 6) is -5.29. The van der Waals surface area contributed by atoms with E-state index >= 15 is 0 Å². The third kappa shape index (κ3) is 13.8. The fourth-order valence-corrected chi connectivity index (χ4v) is 5.32. The average Bonchev–Trinajstić information content (AvgIpc) is 3.46. The van der Waals surface area contributed by atoms with Crippen LogP contribution in [0.4, 0.5) is 0 Å². The van der Waals surface area contributed by atoms with Gasteiger partial charge in [0.2, 0.25) is 23.6 Å². The summed E-state index contributed by atoms with van der Waals surface area (Å²) in [4.78, 5) is 68.8. The number of nitrogens with one attached hydrogen (secondary N) is 9. The monoisotopic (exact) mass is 714 g/mol. The molecule has 2 rings (SSSR count). The molecule has 5 atom stereocenters. The van der Waals surface area contributed by atoms with Crippen LogP contribution < -0.4 is 49.1 Å². The Labute approximate surface area is 297 Å². The molecule has 0 fully saturated rings. The highest BCUT2D eigenvalue weighted by molar-refractivity contribution is 5.96. The number of guanidine groups is 2. The van der Waals surface area contributed by atoms with E-state index in [2.05, 4.69) is 36.9 Å². The summed E-state index contributed by atoms with van der Waals surface area (Å²) in [5.41, 5.74) is 18.6. The van der Waals surface area contributed by atoms with Crippen molar-refractivity contribution < 1.29 is 29.1 Å². The topological polar surface area (TPSA) is 319 Å². The molecule has 4 amide bonds. The van der Waals surface area contributed by atoms with Crippen molar-refractivity contribution in [3.05, 3.63) is 36.0 Å². The molecule has 18 heteroatoms. The zero-order valence-electron chi connectivity index (χ0n) is 29.6. The van der Waals surface area contributed by atoms with Crippen molar-refractivity contribution in [2.24, 2.45) is 29.0 Å². The molecule has 0 saturated carbocycles. The molecule has 51 heavy (non-hydrogen) atoms. The van der Waals surface area contributed by atoms with Crippen molar-refractivity contribution in [1.82, 2.24) is 36.9 Å². The molecule has 0 aliphatic rings. The number of fused-ring (bicyclic) bond motifs is 1. The van der Waals surface area contributed by atoms with E-state index in [-0.39, 0.29) is 63.0 Å². The second-order valence-electron chi connectivity index (χ2n) is 13.1. The Morgan fingerprint density at radius 2 is 1.24 bits per heavy atom. The summed E-state index contributed by atoms with van der Waals surface area (Å²) in [6, 6.07) is 1.99.